The minimum Gasteiger partial charge on any atom is -0.493 e. The number of allylic oxidation sites excluding steroid dienone is 4. The Kier molecular flexibility index (Phi) is 6.18. The molecular weight excluding hydrogens is 390 g/mol. The second kappa shape index (κ2) is 9.02. The van der Waals surface area contributed by atoms with Crippen LogP contribution < -0.4 is 9.47 Å². The van der Waals surface area contributed by atoms with E-state index in [2.05, 4.69) is 42.0 Å². The van der Waals surface area contributed by atoms with Crippen molar-refractivity contribution in [3.8, 4) is 11.5 Å². The van der Waals surface area contributed by atoms with Crippen molar-refractivity contribution in [1.82, 2.24) is 14.7 Å². The molecule has 0 aromatic heterocycles. The van der Waals surface area contributed by atoms with Crippen LogP contribution in [0.5, 0.6) is 11.5 Å². The Balaban J connectivity index is 1.64. The van der Waals surface area contributed by atoms with Crippen LogP contribution in [0.3, 0.4) is 0 Å². The number of rotatable bonds is 4. The van der Waals surface area contributed by atoms with Gasteiger partial charge in [-0.05, 0) is 54.8 Å². The number of ether oxygens (including phenoxy) is 2. The van der Waals surface area contributed by atoms with Crippen molar-refractivity contribution in [2.45, 2.75) is 13.3 Å². The summed E-state index contributed by atoms with van der Waals surface area (Å²) in [6.45, 7) is 6.15. The van der Waals surface area contributed by atoms with E-state index in [0.29, 0.717) is 11.5 Å². The minimum absolute atomic E-state index is 0.0291. The third-order valence-corrected chi connectivity index (χ3v) is 6.28. The fourth-order valence-corrected chi connectivity index (χ4v) is 4.26. The number of benzene rings is 1. The molecule has 4 rings (SSSR count). The van der Waals surface area contributed by atoms with Crippen LogP contribution in [0.15, 0.2) is 60.1 Å². The maximum atomic E-state index is 13.3. The van der Waals surface area contributed by atoms with E-state index in [1.54, 1.807) is 25.2 Å². The van der Waals surface area contributed by atoms with Crippen molar-refractivity contribution in [1.29, 1.82) is 0 Å². The average Bonchev–Trinajstić information content (AvgIpc) is 2.80. The maximum absolute atomic E-state index is 13.3. The summed E-state index contributed by atoms with van der Waals surface area (Å²) in [7, 11) is 5.40. The number of piperazine rings is 1. The first-order chi connectivity index (χ1) is 15.0. The number of nitrogens with zero attached hydrogens (tertiary/aromatic N) is 3. The van der Waals surface area contributed by atoms with Gasteiger partial charge in [0.05, 0.1) is 19.9 Å². The molecule has 6 heteroatoms. The number of amides is 1. The Morgan fingerprint density at radius 2 is 1.68 bits per heavy atom. The standard InChI is InChI=1S/C25H31N3O3/c1-18-5-7-20-8-9-21(27-13-11-26(2)12-14-27)17-28(20)25(29)16-22(18)19-6-10-23(30-3)24(15-19)31-4/h6-10,15-18H,5,11-14H2,1-4H3. The van der Waals surface area contributed by atoms with Gasteiger partial charge in [0, 0.05) is 44.2 Å². The van der Waals surface area contributed by atoms with E-state index >= 15 is 0 Å². The maximum Gasteiger partial charge on any atom is 0.255 e. The highest BCUT2D eigenvalue weighted by atomic mass is 16.5. The van der Waals surface area contributed by atoms with Crippen LogP contribution in [-0.2, 0) is 4.79 Å². The summed E-state index contributed by atoms with van der Waals surface area (Å²) < 4.78 is 10.8. The van der Waals surface area contributed by atoms with Crippen LogP contribution >= 0.6 is 0 Å². The van der Waals surface area contributed by atoms with E-state index < -0.39 is 0 Å². The molecule has 164 valence electrons. The van der Waals surface area contributed by atoms with Crippen LogP contribution in [0.2, 0.25) is 0 Å². The lowest BCUT2D eigenvalue weighted by atomic mass is 9.89. The highest BCUT2D eigenvalue weighted by Gasteiger charge is 2.25. The van der Waals surface area contributed by atoms with Crippen molar-refractivity contribution >= 4 is 11.5 Å². The van der Waals surface area contributed by atoms with Crippen LogP contribution in [0, 0.1) is 5.92 Å². The van der Waals surface area contributed by atoms with Gasteiger partial charge in [-0.15, -0.1) is 0 Å². The van der Waals surface area contributed by atoms with E-state index in [4.69, 9.17) is 9.47 Å². The minimum atomic E-state index is -0.0291. The normalized spacial score (nSPS) is 22.1. The van der Waals surface area contributed by atoms with Gasteiger partial charge in [-0.1, -0.05) is 19.1 Å². The molecule has 3 aliphatic heterocycles. The van der Waals surface area contributed by atoms with Crippen LogP contribution in [0.4, 0.5) is 0 Å². The van der Waals surface area contributed by atoms with Gasteiger partial charge in [0.1, 0.15) is 0 Å². The summed E-state index contributed by atoms with van der Waals surface area (Å²) in [4.78, 5) is 19.8. The predicted molar refractivity (Wildman–Crippen MR) is 123 cm³/mol. The molecule has 0 aliphatic carbocycles. The molecule has 1 atom stereocenters. The number of likely N-dealkylation sites (N-methyl/N-ethyl adjacent to an activating group) is 1. The van der Waals surface area contributed by atoms with E-state index in [1.165, 1.54) is 0 Å². The van der Waals surface area contributed by atoms with Gasteiger partial charge in [0.25, 0.3) is 5.91 Å². The summed E-state index contributed by atoms with van der Waals surface area (Å²) in [6.07, 6.45) is 11.0. The fourth-order valence-electron chi connectivity index (χ4n) is 4.26. The van der Waals surface area contributed by atoms with E-state index in [9.17, 15) is 4.79 Å². The van der Waals surface area contributed by atoms with Crippen molar-refractivity contribution in [3.05, 3.63) is 65.7 Å². The molecule has 1 fully saturated rings. The molecule has 31 heavy (non-hydrogen) atoms. The SMILES string of the molecule is COc1ccc(C2=CC(=O)N3C=C(N4CCN(C)CC4)C=CC3=CCC2C)cc1OC. The van der Waals surface area contributed by atoms with Crippen molar-refractivity contribution < 1.29 is 14.3 Å². The van der Waals surface area contributed by atoms with Gasteiger partial charge in [0.2, 0.25) is 0 Å². The quantitative estimate of drug-likeness (QED) is 0.745. The summed E-state index contributed by atoms with van der Waals surface area (Å²) in [6, 6.07) is 5.83. The van der Waals surface area contributed by atoms with Crippen molar-refractivity contribution in [2.75, 3.05) is 47.4 Å². The number of carbonyl (C=O) groups is 1. The zero-order valence-corrected chi connectivity index (χ0v) is 18.8. The third kappa shape index (κ3) is 4.39. The number of methoxy groups -OCH3 is 2. The van der Waals surface area contributed by atoms with Gasteiger partial charge in [-0.3, -0.25) is 9.69 Å². The lowest BCUT2D eigenvalue weighted by Gasteiger charge is -2.37. The van der Waals surface area contributed by atoms with Crippen molar-refractivity contribution in [2.24, 2.45) is 5.92 Å². The van der Waals surface area contributed by atoms with E-state index in [-0.39, 0.29) is 11.8 Å². The molecule has 0 saturated carbocycles. The highest BCUT2D eigenvalue weighted by Crippen LogP contribution is 2.36. The molecule has 0 N–H and O–H groups in total. The van der Waals surface area contributed by atoms with Gasteiger partial charge in [0.15, 0.2) is 11.5 Å². The Morgan fingerprint density at radius 1 is 0.968 bits per heavy atom. The Labute approximate surface area is 184 Å². The summed E-state index contributed by atoms with van der Waals surface area (Å²) in [5, 5.41) is 0. The van der Waals surface area contributed by atoms with Gasteiger partial charge in [-0.25, -0.2) is 0 Å². The molecular formula is C25H31N3O3. The van der Waals surface area contributed by atoms with Gasteiger partial charge >= 0.3 is 0 Å². The zero-order chi connectivity index (χ0) is 22.0. The molecule has 1 unspecified atom stereocenters. The predicted octanol–water partition coefficient (Wildman–Crippen LogP) is 3.50. The molecule has 1 aromatic rings. The smallest absolute Gasteiger partial charge is 0.255 e. The van der Waals surface area contributed by atoms with Crippen LogP contribution in [0.25, 0.3) is 5.57 Å². The summed E-state index contributed by atoms with van der Waals surface area (Å²) in [5.74, 6) is 1.52. The molecule has 0 bridgehead atoms. The first-order valence-electron chi connectivity index (χ1n) is 10.8. The van der Waals surface area contributed by atoms with Crippen LogP contribution in [0.1, 0.15) is 18.9 Å². The molecule has 3 heterocycles. The Morgan fingerprint density at radius 3 is 2.39 bits per heavy atom. The highest BCUT2D eigenvalue weighted by molar-refractivity contribution is 5.98. The number of hydrogen-bond donors (Lipinski definition) is 0. The van der Waals surface area contributed by atoms with Crippen LogP contribution in [-0.4, -0.2) is 68.1 Å². The summed E-state index contributed by atoms with van der Waals surface area (Å²) >= 11 is 0. The molecule has 0 spiro atoms. The molecule has 3 aliphatic rings. The monoisotopic (exact) mass is 421 g/mol. The second-order valence-corrected chi connectivity index (χ2v) is 8.32. The molecule has 6 nitrogen and oxygen atoms in total. The summed E-state index contributed by atoms with van der Waals surface area (Å²) in [5.41, 5.74) is 4.02. The molecule has 1 amide bonds. The fraction of sp³-hybridized carbons (Fsp3) is 0.400. The lowest BCUT2D eigenvalue weighted by molar-refractivity contribution is -0.122. The second-order valence-electron chi connectivity index (χ2n) is 8.32. The number of hydrogen-bond acceptors (Lipinski definition) is 5. The third-order valence-electron chi connectivity index (χ3n) is 6.28. The number of carbonyl (C=O) groups excluding carboxylic acids is 1. The van der Waals surface area contributed by atoms with Gasteiger partial charge < -0.3 is 19.3 Å². The largest absolute Gasteiger partial charge is 0.493 e. The van der Waals surface area contributed by atoms with E-state index in [0.717, 1.165) is 55.1 Å². The number of fused-ring (bicyclic) bond motifs is 1. The molecule has 1 aromatic carbocycles. The average molecular weight is 422 g/mol. The molecule has 0 radical (unpaired) electrons. The lowest BCUT2D eigenvalue weighted by Crippen LogP contribution is -2.44. The molecule has 1 saturated heterocycles. The van der Waals surface area contributed by atoms with E-state index in [1.807, 2.05) is 24.4 Å². The zero-order valence-electron chi connectivity index (χ0n) is 18.8. The topological polar surface area (TPSA) is 45.2 Å². The van der Waals surface area contributed by atoms with Crippen molar-refractivity contribution in [3.63, 3.8) is 0 Å². The Bertz CT molecular complexity index is 968. The Hall–Kier alpha value is -2.99. The van der Waals surface area contributed by atoms with Gasteiger partial charge in [-0.2, -0.15) is 0 Å². The first kappa shape index (κ1) is 21.2. The first-order valence-corrected chi connectivity index (χ1v) is 10.8.